The van der Waals surface area contributed by atoms with Gasteiger partial charge in [0.15, 0.2) is 5.16 Å². The van der Waals surface area contributed by atoms with Crippen molar-refractivity contribution in [2.75, 3.05) is 12.4 Å². The van der Waals surface area contributed by atoms with Crippen LogP contribution in [-0.4, -0.2) is 33.0 Å². The van der Waals surface area contributed by atoms with Crippen LogP contribution in [0.1, 0.15) is 18.5 Å². The molecule has 8 heteroatoms. The molecule has 0 aliphatic carbocycles. The molecule has 0 aliphatic heterocycles. The number of hydrogen-bond acceptors (Lipinski definition) is 6. The second-order valence-corrected chi connectivity index (χ2v) is 6.38. The molecule has 3 aromatic rings. The third-order valence-corrected chi connectivity index (χ3v) is 4.50. The first-order valence-electron chi connectivity index (χ1n) is 8.24. The number of amides is 1. The molecule has 3 rings (SSSR count). The first kappa shape index (κ1) is 18.1. The van der Waals surface area contributed by atoms with Gasteiger partial charge in [-0.15, -0.1) is 10.2 Å². The van der Waals surface area contributed by atoms with Crippen molar-refractivity contribution in [2.24, 2.45) is 0 Å². The Labute approximate surface area is 155 Å². The maximum atomic E-state index is 12.0. The van der Waals surface area contributed by atoms with Gasteiger partial charge in [0.2, 0.25) is 5.91 Å². The molecule has 2 heterocycles. The number of carbonyl (C=O) groups excluding carboxylic acids is 1. The minimum absolute atomic E-state index is 0.0923. The van der Waals surface area contributed by atoms with Crippen molar-refractivity contribution in [2.45, 2.75) is 25.5 Å². The first-order valence-corrected chi connectivity index (χ1v) is 9.23. The van der Waals surface area contributed by atoms with Crippen molar-refractivity contribution in [1.82, 2.24) is 20.1 Å². The number of ether oxygens (including phenoxy) is 1. The number of thioether (sulfide) groups is 1. The Morgan fingerprint density at radius 1 is 1.27 bits per heavy atom. The molecule has 0 aliphatic rings. The van der Waals surface area contributed by atoms with E-state index >= 15 is 0 Å². The van der Waals surface area contributed by atoms with E-state index in [0.717, 1.165) is 23.0 Å². The van der Waals surface area contributed by atoms with E-state index in [-0.39, 0.29) is 11.7 Å². The zero-order valence-corrected chi connectivity index (χ0v) is 15.5. The van der Waals surface area contributed by atoms with Crippen LogP contribution < -0.4 is 10.1 Å². The lowest BCUT2D eigenvalue weighted by atomic mass is 10.3. The standard InChI is InChI=1S/C18H20N4O3S/c1-3-24-15-8-6-14(7-9-15)22-13(2)20-21-18(22)26-12-17(23)19-11-16-5-4-10-25-16/h4-10H,3,11-12H2,1-2H3,(H,19,23). The highest BCUT2D eigenvalue weighted by molar-refractivity contribution is 7.99. The highest BCUT2D eigenvalue weighted by atomic mass is 32.2. The van der Waals surface area contributed by atoms with E-state index in [4.69, 9.17) is 9.15 Å². The van der Waals surface area contributed by atoms with Crippen molar-refractivity contribution in [3.8, 4) is 11.4 Å². The molecule has 0 radical (unpaired) electrons. The summed E-state index contributed by atoms with van der Waals surface area (Å²) in [5.74, 6) is 2.44. The summed E-state index contributed by atoms with van der Waals surface area (Å²) < 4.78 is 12.6. The number of benzene rings is 1. The number of nitrogens with one attached hydrogen (secondary N) is 1. The van der Waals surface area contributed by atoms with Crippen molar-refractivity contribution >= 4 is 17.7 Å². The third kappa shape index (κ3) is 4.45. The Balaban J connectivity index is 1.63. The van der Waals surface area contributed by atoms with Gasteiger partial charge >= 0.3 is 0 Å². The molecule has 1 aromatic carbocycles. The number of carbonyl (C=O) groups is 1. The van der Waals surface area contributed by atoms with Gasteiger partial charge in [0, 0.05) is 5.69 Å². The molecular formula is C18H20N4O3S. The Morgan fingerprint density at radius 3 is 2.77 bits per heavy atom. The summed E-state index contributed by atoms with van der Waals surface area (Å²) in [6.07, 6.45) is 1.58. The smallest absolute Gasteiger partial charge is 0.230 e. The monoisotopic (exact) mass is 372 g/mol. The van der Waals surface area contributed by atoms with Gasteiger partial charge in [-0.2, -0.15) is 0 Å². The molecule has 0 saturated carbocycles. The van der Waals surface area contributed by atoms with Gasteiger partial charge in [0.25, 0.3) is 0 Å². The van der Waals surface area contributed by atoms with Gasteiger partial charge in [-0.25, -0.2) is 0 Å². The van der Waals surface area contributed by atoms with Crippen LogP contribution in [0.4, 0.5) is 0 Å². The highest BCUT2D eigenvalue weighted by Gasteiger charge is 2.13. The number of rotatable bonds is 8. The molecule has 1 amide bonds. The number of aryl methyl sites for hydroxylation is 1. The second kappa shape index (κ2) is 8.57. The van der Waals surface area contributed by atoms with Crippen molar-refractivity contribution in [3.63, 3.8) is 0 Å². The predicted octanol–water partition coefficient (Wildman–Crippen LogP) is 2.98. The number of furan rings is 1. The fourth-order valence-corrected chi connectivity index (χ4v) is 3.20. The molecule has 2 aromatic heterocycles. The van der Waals surface area contributed by atoms with Crippen LogP contribution >= 0.6 is 11.8 Å². The van der Waals surface area contributed by atoms with E-state index < -0.39 is 0 Å². The number of aromatic nitrogens is 3. The Bertz CT molecular complexity index is 844. The van der Waals surface area contributed by atoms with Crippen LogP contribution in [0.5, 0.6) is 5.75 Å². The zero-order valence-electron chi connectivity index (χ0n) is 14.6. The Morgan fingerprint density at radius 2 is 2.08 bits per heavy atom. The average molecular weight is 372 g/mol. The summed E-state index contributed by atoms with van der Waals surface area (Å²) >= 11 is 1.34. The van der Waals surface area contributed by atoms with E-state index in [2.05, 4.69) is 15.5 Å². The fraction of sp³-hybridized carbons (Fsp3) is 0.278. The quantitative estimate of drug-likeness (QED) is 0.612. The van der Waals surface area contributed by atoms with Gasteiger partial charge in [-0.3, -0.25) is 9.36 Å². The average Bonchev–Trinajstić information content (AvgIpc) is 3.29. The van der Waals surface area contributed by atoms with Gasteiger partial charge < -0.3 is 14.5 Å². The lowest BCUT2D eigenvalue weighted by molar-refractivity contribution is -0.118. The van der Waals surface area contributed by atoms with Crippen LogP contribution in [-0.2, 0) is 11.3 Å². The maximum Gasteiger partial charge on any atom is 0.230 e. The minimum Gasteiger partial charge on any atom is -0.494 e. The SMILES string of the molecule is CCOc1ccc(-n2c(C)nnc2SCC(=O)NCc2ccco2)cc1. The van der Waals surface area contributed by atoms with Crippen LogP contribution in [0, 0.1) is 6.92 Å². The Hall–Kier alpha value is -2.74. The summed E-state index contributed by atoms with van der Waals surface area (Å²) in [6, 6.07) is 11.3. The third-order valence-electron chi connectivity index (χ3n) is 3.57. The molecule has 0 atom stereocenters. The summed E-state index contributed by atoms with van der Waals surface area (Å²) in [5.41, 5.74) is 0.925. The van der Waals surface area contributed by atoms with Crippen molar-refractivity contribution in [3.05, 3.63) is 54.2 Å². The molecule has 0 bridgehead atoms. The molecule has 7 nitrogen and oxygen atoms in total. The normalized spacial score (nSPS) is 10.7. The largest absolute Gasteiger partial charge is 0.494 e. The summed E-state index contributed by atoms with van der Waals surface area (Å²) in [4.78, 5) is 12.0. The first-order chi connectivity index (χ1) is 12.7. The number of hydrogen-bond donors (Lipinski definition) is 1. The Kier molecular flexibility index (Phi) is 5.96. The maximum absolute atomic E-state index is 12.0. The lowest BCUT2D eigenvalue weighted by Crippen LogP contribution is -2.24. The molecule has 1 N–H and O–H groups in total. The summed E-state index contributed by atoms with van der Waals surface area (Å²) in [7, 11) is 0. The van der Waals surface area contributed by atoms with Crippen molar-refractivity contribution in [1.29, 1.82) is 0 Å². The molecule has 0 unspecified atom stereocenters. The van der Waals surface area contributed by atoms with E-state index in [1.807, 2.05) is 48.7 Å². The predicted molar refractivity (Wildman–Crippen MR) is 98.5 cm³/mol. The fourth-order valence-electron chi connectivity index (χ4n) is 2.37. The molecule has 0 fully saturated rings. The van der Waals surface area contributed by atoms with E-state index in [1.54, 1.807) is 12.3 Å². The number of nitrogens with zero attached hydrogens (tertiary/aromatic N) is 3. The molecule has 26 heavy (non-hydrogen) atoms. The van der Waals surface area contributed by atoms with Crippen LogP contribution in [0.2, 0.25) is 0 Å². The van der Waals surface area contributed by atoms with E-state index in [1.165, 1.54) is 11.8 Å². The molecule has 0 saturated heterocycles. The van der Waals surface area contributed by atoms with Crippen LogP contribution in [0.25, 0.3) is 5.69 Å². The van der Waals surface area contributed by atoms with Crippen LogP contribution in [0.3, 0.4) is 0 Å². The zero-order chi connectivity index (χ0) is 18.4. The van der Waals surface area contributed by atoms with E-state index in [9.17, 15) is 4.79 Å². The van der Waals surface area contributed by atoms with Gasteiger partial charge in [0.1, 0.15) is 17.3 Å². The van der Waals surface area contributed by atoms with Gasteiger partial charge in [-0.05, 0) is 50.2 Å². The summed E-state index contributed by atoms with van der Waals surface area (Å²) in [5, 5.41) is 11.8. The van der Waals surface area contributed by atoms with Gasteiger partial charge in [0.05, 0.1) is 25.2 Å². The highest BCUT2D eigenvalue weighted by Crippen LogP contribution is 2.23. The minimum atomic E-state index is -0.0923. The van der Waals surface area contributed by atoms with Gasteiger partial charge in [-0.1, -0.05) is 11.8 Å². The molecule has 0 spiro atoms. The summed E-state index contributed by atoms with van der Waals surface area (Å²) in [6.45, 7) is 4.82. The lowest BCUT2D eigenvalue weighted by Gasteiger charge is -2.10. The second-order valence-electron chi connectivity index (χ2n) is 5.44. The topological polar surface area (TPSA) is 82.2 Å². The van der Waals surface area contributed by atoms with Crippen molar-refractivity contribution < 1.29 is 13.9 Å². The van der Waals surface area contributed by atoms with E-state index in [0.29, 0.717) is 18.3 Å². The molecule has 136 valence electrons. The van der Waals surface area contributed by atoms with Crippen LogP contribution in [0.15, 0.2) is 52.2 Å². The molecular weight excluding hydrogens is 352 g/mol.